The van der Waals surface area contributed by atoms with E-state index in [4.69, 9.17) is 11.6 Å². The van der Waals surface area contributed by atoms with Gasteiger partial charge in [-0.2, -0.15) is 4.31 Å². The smallest absolute Gasteiger partial charge is 0.212 e. The van der Waals surface area contributed by atoms with Crippen LogP contribution in [0.25, 0.3) is 0 Å². The van der Waals surface area contributed by atoms with Crippen LogP contribution in [0.15, 0.2) is 24.3 Å². The third kappa shape index (κ3) is 3.98. The normalized spacial score (nSPS) is 12.4. The first kappa shape index (κ1) is 14.5. The van der Waals surface area contributed by atoms with Crippen LogP contribution in [0.4, 0.5) is 0 Å². The Morgan fingerprint density at radius 1 is 1.35 bits per heavy atom. The van der Waals surface area contributed by atoms with Gasteiger partial charge in [0.1, 0.15) is 0 Å². The second kappa shape index (κ2) is 5.85. The second-order valence-corrected chi connectivity index (χ2v) is 6.82. The molecule has 0 aromatic heterocycles. The van der Waals surface area contributed by atoms with Crippen molar-refractivity contribution in [3.8, 4) is 0 Å². The summed E-state index contributed by atoms with van der Waals surface area (Å²) in [7, 11) is -3.18. The highest BCUT2D eigenvalue weighted by Crippen LogP contribution is 2.16. The minimum absolute atomic E-state index is 0.0565. The highest BCUT2D eigenvalue weighted by Gasteiger charge is 2.23. The maximum Gasteiger partial charge on any atom is 0.214 e. The first-order chi connectivity index (χ1) is 7.86. The molecule has 1 aromatic carbocycles. The SMILES string of the molecule is CCS(=O)(=O)N(Cc1cccc(Cl)c1)C(C)C. The van der Waals surface area contributed by atoms with E-state index in [1.54, 1.807) is 19.1 Å². The summed E-state index contributed by atoms with van der Waals surface area (Å²) in [6.07, 6.45) is 0. The zero-order chi connectivity index (χ0) is 13.1. The third-order valence-corrected chi connectivity index (χ3v) is 4.76. The van der Waals surface area contributed by atoms with Crippen LogP contribution >= 0.6 is 11.6 Å². The van der Waals surface area contributed by atoms with Gasteiger partial charge in [-0.05, 0) is 38.5 Å². The van der Waals surface area contributed by atoms with Gasteiger partial charge in [-0.25, -0.2) is 8.42 Å². The third-order valence-electron chi connectivity index (χ3n) is 2.53. The van der Waals surface area contributed by atoms with Crippen LogP contribution in [-0.4, -0.2) is 24.5 Å². The molecule has 0 atom stereocenters. The van der Waals surface area contributed by atoms with E-state index in [1.807, 2.05) is 26.0 Å². The first-order valence-corrected chi connectivity index (χ1v) is 7.59. The summed E-state index contributed by atoms with van der Waals surface area (Å²) in [6, 6.07) is 7.22. The zero-order valence-corrected chi connectivity index (χ0v) is 11.9. The molecule has 0 aliphatic carbocycles. The monoisotopic (exact) mass is 275 g/mol. The number of rotatable bonds is 5. The van der Waals surface area contributed by atoms with Crippen molar-refractivity contribution >= 4 is 21.6 Å². The lowest BCUT2D eigenvalue weighted by Crippen LogP contribution is -2.37. The van der Waals surface area contributed by atoms with Crippen molar-refractivity contribution in [3.63, 3.8) is 0 Å². The lowest BCUT2D eigenvalue weighted by molar-refractivity contribution is 0.349. The Bertz CT molecular complexity index is 471. The number of hydrogen-bond donors (Lipinski definition) is 0. The molecule has 3 nitrogen and oxygen atoms in total. The highest BCUT2D eigenvalue weighted by atomic mass is 35.5. The summed E-state index contributed by atoms with van der Waals surface area (Å²) < 4.78 is 25.3. The highest BCUT2D eigenvalue weighted by molar-refractivity contribution is 7.89. The summed E-state index contributed by atoms with van der Waals surface area (Å²) in [4.78, 5) is 0. The lowest BCUT2D eigenvalue weighted by Gasteiger charge is -2.25. The molecule has 0 N–H and O–H groups in total. The molecule has 0 bridgehead atoms. The van der Waals surface area contributed by atoms with Gasteiger partial charge < -0.3 is 0 Å². The largest absolute Gasteiger partial charge is 0.214 e. The lowest BCUT2D eigenvalue weighted by atomic mass is 10.2. The zero-order valence-electron chi connectivity index (χ0n) is 10.4. The molecule has 0 aliphatic heterocycles. The van der Waals surface area contributed by atoms with E-state index in [9.17, 15) is 8.42 Å². The van der Waals surface area contributed by atoms with Gasteiger partial charge in [0, 0.05) is 17.6 Å². The molecule has 0 saturated heterocycles. The minimum atomic E-state index is -3.18. The molecule has 1 rings (SSSR count). The van der Waals surface area contributed by atoms with E-state index in [0.717, 1.165) is 5.56 Å². The predicted octanol–water partition coefficient (Wildman–Crippen LogP) is 2.90. The van der Waals surface area contributed by atoms with Crippen LogP contribution in [-0.2, 0) is 16.6 Å². The predicted molar refractivity (Wildman–Crippen MR) is 71.6 cm³/mol. The van der Waals surface area contributed by atoms with Gasteiger partial charge in [-0.1, -0.05) is 23.7 Å². The van der Waals surface area contributed by atoms with Crippen molar-refractivity contribution in [2.24, 2.45) is 0 Å². The van der Waals surface area contributed by atoms with Crippen molar-refractivity contribution in [3.05, 3.63) is 34.9 Å². The van der Waals surface area contributed by atoms with Gasteiger partial charge in [0.2, 0.25) is 10.0 Å². The van der Waals surface area contributed by atoms with Crippen molar-refractivity contribution in [1.82, 2.24) is 4.31 Å². The van der Waals surface area contributed by atoms with E-state index in [1.165, 1.54) is 4.31 Å². The summed E-state index contributed by atoms with van der Waals surface area (Å²) in [6.45, 7) is 5.77. The Kier molecular flexibility index (Phi) is 4.98. The molecule has 0 aliphatic rings. The fourth-order valence-corrected chi connectivity index (χ4v) is 3.12. The minimum Gasteiger partial charge on any atom is -0.212 e. The summed E-state index contributed by atoms with van der Waals surface area (Å²) >= 11 is 5.89. The molecule has 0 heterocycles. The van der Waals surface area contributed by atoms with Crippen LogP contribution in [0, 0.1) is 0 Å². The van der Waals surface area contributed by atoms with E-state index in [-0.39, 0.29) is 11.8 Å². The molecule has 0 amide bonds. The molecule has 5 heteroatoms. The van der Waals surface area contributed by atoms with E-state index in [0.29, 0.717) is 11.6 Å². The quantitative estimate of drug-likeness (QED) is 0.829. The maximum absolute atomic E-state index is 11.9. The van der Waals surface area contributed by atoms with E-state index >= 15 is 0 Å². The Hall–Kier alpha value is -0.580. The van der Waals surface area contributed by atoms with Gasteiger partial charge in [0.05, 0.1) is 5.75 Å². The number of hydrogen-bond acceptors (Lipinski definition) is 2. The Balaban J connectivity index is 2.96. The number of benzene rings is 1. The maximum atomic E-state index is 11.9. The van der Waals surface area contributed by atoms with Crippen molar-refractivity contribution < 1.29 is 8.42 Å². The average Bonchev–Trinajstić information content (AvgIpc) is 2.25. The number of nitrogens with zero attached hydrogens (tertiary/aromatic N) is 1. The molecule has 96 valence electrons. The van der Waals surface area contributed by atoms with Gasteiger partial charge in [-0.15, -0.1) is 0 Å². The van der Waals surface area contributed by atoms with Crippen LogP contribution in [0.5, 0.6) is 0 Å². The fourth-order valence-electron chi connectivity index (χ4n) is 1.58. The molecule has 0 spiro atoms. The Labute approximate surface area is 108 Å². The van der Waals surface area contributed by atoms with E-state index in [2.05, 4.69) is 0 Å². The van der Waals surface area contributed by atoms with Gasteiger partial charge >= 0.3 is 0 Å². The summed E-state index contributed by atoms with van der Waals surface area (Å²) in [5.41, 5.74) is 0.906. The molecule has 1 aromatic rings. The summed E-state index contributed by atoms with van der Waals surface area (Å²) in [5, 5.41) is 0.625. The number of sulfonamides is 1. The summed E-state index contributed by atoms with van der Waals surface area (Å²) in [5.74, 6) is 0.117. The van der Waals surface area contributed by atoms with E-state index < -0.39 is 10.0 Å². The van der Waals surface area contributed by atoms with Gasteiger partial charge in [0.15, 0.2) is 0 Å². The molecule has 0 radical (unpaired) electrons. The van der Waals surface area contributed by atoms with Crippen molar-refractivity contribution in [1.29, 1.82) is 0 Å². The molecule has 0 unspecified atom stereocenters. The number of halogens is 1. The topological polar surface area (TPSA) is 37.4 Å². The average molecular weight is 276 g/mol. The van der Waals surface area contributed by atoms with Crippen molar-refractivity contribution in [2.75, 3.05) is 5.75 Å². The molecule has 17 heavy (non-hydrogen) atoms. The molecule has 0 saturated carbocycles. The van der Waals surface area contributed by atoms with Crippen molar-refractivity contribution in [2.45, 2.75) is 33.4 Å². The molecular formula is C12H18ClNO2S. The fraction of sp³-hybridized carbons (Fsp3) is 0.500. The Morgan fingerprint density at radius 2 is 2.00 bits per heavy atom. The van der Waals surface area contributed by atoms with Crippen LogP contribution in [0.1, 0.15) is 26.3 Å². The van der Waals surface area contributed by atoms with Crippen LogP contribution in [0.2, 0.25) is 5.02 Å². The Morgan fingerprint density at radius 3 is 2.47 bits per heavy atom. The van der Waals surface area contributed by atoms with Crippen LogP contribution in [0.3, 0.4) is 0 Å². The molecule has 0 fully saturated rings. The second-order valence-electron chi connectivity index (χ2n) is 4.17. The standard InChI is InChI=1S/C12H18ClNO2S/c1-4-17(15,16)14(10(2)3)9-11-6-5-7-12(13)8-11/h5-8,10H,4,9H2,1-3H3. The van der Waals surface area contributed by atoms with Crippen LogP contribution < -0.4 is 0 Å². The van der Waals surface area contributed by atoms with Gasteiger partial charge in [-0.3, -0.25) is 0 Å². The first-order valence-electron chi connectivity index (χ1n) is 5.60. The molecular weight excluding hydrogens is 258 g/mol. The van der Waals surface area contributed by atoms with Gasteiger partial charge in [0.25, 0.3) is 0 Å².